The van der Waals surface area contributed by atoms with Crippen molar-refractivity contribution in [2.45, 2.75) is 0 Å². The molecule has 0 saturated carbocycles. The highest BCUT2D eigenvalue weighted by molar-refractivity contribution is 5.94. The number of nitrogens with one attached hydrogen (secondary N) is 1. The summed E-state index contributed by atoms with van der Waals surface area (Å²) in [6.07, 6.45) is 2.60. The normalized spacial score (nSPS) is 10.3. The fraction of sp³-hybridized carbons (Fsp3) is 0.0556. The number of rotatable bonds is 5. The topological polar surface area (TPSA) is 79.2 Å². The molecule has 5 nitrogen and oxygen atoms in total. The van der Waals surface area contributed by atoms with Gasteiger partial charge in [0.1, 0.15) is 0 Å². The first-order valence-electron chi connectivity index (χ1n) is 7.08. The zero-order chi connectivity index (χ0) is 18.2. The van der Waals surface area contributed by atoms with Crippen molar-refractivity contribution < 1.29 is 23.1 Å². The maximum Gasteiger partial charge on any atom is 0.331 e. The van der Waals surface area contributed by atoms with E-state index in [1.54, 1.807) is 24.3 Å². The molecular formula is C18H12F2N2O3. The van der Waals surface area contributed by atoms with Crippen molar-refractivity contribution in [3.63, 3.8) is 0 Å². The number of hydrogen-bond donors (Lipinski definition) is 1. The average Bonchev–Trinajstić information content (AvgIpc) is 2.61. The molecule has 0 saturated heterocycles. The number of nitriles is 1. The number of anilines is 1. The summed E-state index contributed by atoms with van der Waals surface area (Å²) in [5.74, 6) is -3.56. The number of ether oxygens (including phenoxy) is 1. The minimum Gasteiger partial charge on any atom is -0.452 e. The van der Waals surface area contributed by atoms with E-state index >= 15 is 0 Å². The van der Waals surface area contributed by atoms with Crippen LogP contribution in [0, 0.1) is 23.0 Å². The molecule has 0 heterocycles. The van der Waals surface area contributed by atoms with Gasteiger partial charge in [0.25, 0.3) is 5.91 Å². The zero-order valence-electron chi connectivity index (χ0n) is 12.8. The van der Waals surface area contributed by atoms with Crippen LogP contribution in [0.1, 0.15) is 11.1 Å². The predicted molar refractivity (Wildman–Crippen MR) is 86.1 cm³/mol. The number of halogens is 2. The Kier molecular flexibility index (Phi) is 5.96. The number of carbonyl (C=O) groups is 2. The molecular weight excluding hydrogens is 330 g/mol. The van der Waals surface area contributed by atoms with Gasteiger partial charge in [-0.1, -0.05) is 12.1 Å². The van der Waals surface area contributed by atoms with Gasteiger partial charge in [-0.15, -0.1) is 0 Å². The van der Waals surface area contributed by atoms with Gasteiger partial charge in [0.05, 0.1) is 11.6 Å². The van der Waals surface area contributed by atoms with E-state index in [4.69, 9.17) is 10.00 Å². The summed E-state index contributed by atoms with van der Waals surface area (Å²) in [7, 11) is 0. The first kappa shape index (κ1) is 17.8. The number of benzene rings is 2. The van der Waals surface area contributed by atoms with Crippen LogP contribution in [0.15, 0.2) is 48.5 Å². The van der Waals surface area contributed by atoms with E-state index in [1.165, 1.54) is 12.1 Å². The smallest absolute Gasteiger partial charge is 0.331 e. The van der Waals surface area contributed by atoms with Crippen LogP contribution in [0.5, 0.6) is 0 Å². The van der Waals surface area contributed by atoms with E-state index in [2.05, 4.69) is 5.32 Å². The van der Waals surface area contributed by atoms with Crippen LogP contribution < -0.4 is 5.32 Å². The third kappa shape index (κ3) is 5.55. The molecule has 0 aliphatic heterocycles. The maximum absolute atomic E-state index is 13.0. The van der Waals surface area contributed by atoms with Gasteiger partial charge in [-0.25, -0.2) is 13.6 Å². The van der Waals surface area contributed by atoms with Gasteiger partial charge in [0.15, 0.2) is 18.2 Å². The zero-order valence-corrected chi connectivity index (χ0v) is 12.8. The lowest BCUT2D eigenvalue weighted by Crippen LogP contribution is -2.20. The fourth-order valence-electron chi connectivity index (χ4n) is 1.79. The predicted octanol–water partition coefficient (Wildman–Crippen LogP) is 3.03. The van der Waals surface area contributed by atoms with E-state index in [1.807, 2.05) is 6.07 Å². The maximum atomic E-state index is 13.0. The third-order valence-corrected chi connectivity index (χ3v) is 3.00. The molecule has 25 heavy (non-hydrogen) atoms. The Balaban J connectivity index is 1.82. The molecule has 7 heteroatoms. The number of esters is 1. The minimum atomic E-state index is -1.10. The molecule has 2 aromatic rings. The van der Waals surface area contributed by atoms with Crippen LogP contribution in [-0.2, 0) is 14.3 Å². The Bertz CT molecular complexity index is 856. The Hall–Kier alpha value is -3.53. The van der Waals surface area contributed by atoms with E-state index in [0.29, 0.717) is 11.1 Å². The summed E-state index contributed by atoms with van der Waals surface area (Å²) in [4.78, 5) is 23.1. The Morgan fingerprint density at radius 2 is 1.84 bits per heavy atom. The van der Waals surface area contributed by atoms with Gasteiger partial charge in [-0.05, 0) is 35.9 Å². The Morgan fingerprint density at radius 3 is 2.48 bits per heavy atom. The number of carbonyl (C=O) groups excluding carboxylic acids is 2. The van der Waals surface area contributed by atoms with Gasteiger partial charge < -0.3 is 10.1 Å². The third-order valence-electron chi connectivity index (χ3n) is 3.00. The lowest BCUT2D eigenvalue weighted by Gasteiger charge is -2.05. The summed E-state index contributed by atoms with van der Waals surface area (Å²) in [5, 5.41) is 11.0. The van der Waals surface area contributed by atoms with Crippen molar-refractivity contribution in [1.82, 2.24) is 0 Å². The number of nitrogens with zero attached hydrogens (tertiary/aromatic N) is 1. The van der Waals surface area contributed by atoms with Crippen LogP contribution in [0.4, 0.5) is 14.5 Å². The molecule has 0 fully saturated rings. The molecule has 2 aromatic carbocycles. The van der Waals surface area contributed by atoms with Crippen molar-refractivity contribution in [1.29, 1.82) is 5.26 Å². The highest BCUT2D eigenvalue weighted by atomic mass is 19.2. The summed E-state index contributed by atoms with van der Waals surface area (Å²) in [6.45, 7) is -0.574. The molecule has 1 amide bonds. The first-order chi connectivity index (χ1) is 12.0. The quantitative estimate of drug-likeness (QED) is 0.669. The lowest BCUT2D eigenvalue weighted by molar-refractivity contribution is -0.142. The van der Waals surface area contributed by atoms with Crippen LogP contribution in [0.2, 0.25) is 0 Å². The second-order valence-corrected chi connectivity index (χ2v) is 4.85. The van der Waals surface area contributed by atoms with E-state index < -0.39 is 30.1 Å². The van der Waals surface area contributed by atoms with E-state index in [0.717, 1.165) is 18.2 Å². The Morgan fingerprint density at radius 1 is 1.12 bits per heavy atom. The molecule has 1 N–H and O–H groups in total. The Labute approximate surface area is 142 Å². The second-order valence-electron chi connectivity index (χ2n) is 4.85. The second kappa shape index (κ2) is 8.36. The van der Waals surface area contributed by atoms with Crippen molar-refractivity contribution >= 4 is 23.6 Å². The fourth-order valence-corrected chi connectivity index (χ4v) is 1.79. The van der Waals surface area contributed by atoms with Gasteiger partial charge in [0.2, 0.25) is 0 Å². The van der Waals surface area contributed by atoms with Gasteiger partial charge in [-0.2, -0.15) is 5.26 Å². The van der Waals surface area contributed by atoms with E-state index in [-0.39, 0.29) is 5.69 Å². The molecule has 0 spiro atoms. The summed E-state index contributed by atoms with van der Waals surface area (Å²) >= 11 is 0. The highest BCUT2D eigenvalue weighted by Gasteiger charge is 2.08. The van der Waals surface area contributed by atoms with Crippen molar-refractivity contribution in [3.05, 3.63) is 71.3 Å². The molecule has 0 aliphatic rings. The summed E-state index contributed by atoms with van der Waals surface area (Å²) < 4.78 is 30.5. The van der Waals surface area contributed by atoms with Crippen molar-refractivity contribution in [3.8, 4) is 6.07 Å². The molecule has 0 atom stereocenters. The SMILES string of the molecule is N#Cc1ccc(/C=C/C(=O)OCC(=O)Nc2ccc(F)c(F)c2)cc1. The van der Waals surface area contributed by atoms with Crippen molar-refractivity contribution in [2.24, 2.45) is 0 Å². The molecule has 2 rings (SSSR count). The molecule has 0 radical (unpaired) electrons. The molecule has 0 aliphatic carbocycles. The van der Waals surface area contributed by atoms with Gasteiger partial charge in [-0.3, -0.25) is 4.79 Å². The minimum absolute atomic E-state index is 0.0491. The van der Waals surface area contributed by atoms with Crippen molar-refractivity contribution in [2.75, 3.05) is 11.9 Å². The monoisotopic (exact) mass is 342 g/mol. The van der Waals surface area contributed by atoms with E-state index in [9.17, 15) is 18.4 Å². The van der Waals surface area contributed by atoms with Crippen LogP contribution in [-0.4, -0.2) is 18.5 Å². The van der Waals surface area contributed by atoms with Gasteiger partial charge in [0, 0.05) is 17.8 Å². The number of amides is 1. The molecule has 0 bridgehead atoms. The largest absolute Gasteiger partial charge is 0.452 e. The lowest BCUT2D eigenvalue weighted by atomic mass is 10.1. The van der Waals surface area contributed by atoms with Crippen LogP contribution >= 0.6 is 0 Å². The van der Waals surface area contributed by atoms with Gasteiger partial charge >= 0.3 is 5.97 Å². The average molecular weight is 342 g/mol. The molecule has 0 unspecified atom stereocenters. The first-order valence-corrected chi connectivity index (χ1v) is 7.08. The summed E-state index contributed by atoms with van der Waals surface area (Å²) in [5.41, 5.74) is 1.23. The summed E-state index contributed by atoms with van der Waals surface area (Å²) in [6, 6.07) is 11.3. The number of hydrogen-bond acceptors (Lipinski definition) is 4. The molecule has 0 aromatic heterocycles. The van der Waals surface area contributed by atoms with Crippen LogP contribution in [0.3, 0.4) is 0 Å². The van der Waals surface area contributed by atoms with Crippen LogP contribution in [0.25, 0.3) is 6.08 Å². The highest BCUT2D eigenvalue weighted by Crippen LogP contribution is 2.13. The standard InChI is InChI=1S/C18H12F2N2O3/c19-15-7-6-14(9-16(15)20)22-17(23)11-25-18(24)8-5-12-1-3-13(10-21)4-2-12/h1-9H,11H2,(H,22,23)/b8-5+. The molecule has 126 valence electrons.